The molecule has 0 aromatic heterocycles. The molecule has 1 saturated heterocycles. The lowest BCUT2D eigenvalue weighted by Gasteiger charge is -2.23. The van der Waals surface area contributed by atoms with E-state index >= 15 is 0 Å². The summed E-state index contributed by atoms with van der Waals surface area (Å²) in [5.74, 6) is 0.671. The topological polar surface area (TPSA) is 12.5 Å². The standard InChI is InChI=1S/C7H15ClOSi/c1-6-7(5-8,9-6)10(2,3)4/h6H,5H2,1-4H3. The third-order valence-corrected chi connectivity index (χ3v) is 6.32. The summed E-state index contributed by atoms with van der Waals surface area (Å²) in [6.45, 7) is 9.03. The number of halogens is 1. The van der Waals surface area contributed by atoms with Crippen LogP contribution in [-0.4, -0.2) is 25.3 Å². The molecule has 0 N–H and O–H groups in total. The van der Waals surface area contributed by atoms with Crippen LogP contribution in [0.1, 0.15) is 6.92 Å². The second-order valence-electron chi connectivity index (χ2n) is 4.03. The molecule has 3 heteroatoms. The fraction of sp³-hybridized carbons (Fsp3) is 1.00. The van der Waals surface area contributed by atoms with E-state index in [1.807, 2.05) is 0 Å². The van der Waals surface area contributed by atoms with Crippen LogP contribution in [0.4, 0.5) is 0 Å². The lowest BCUT2D eigenvalue weighted by molar-refractivity contribution is 0.363. The van der Waals surface area contributed by atoms with Crippen LogP contribution in [0, 0.1) is 0 Å². The molecule has 1 heterocycles. The highest BCUT2D eigenvalue weighted by Gasteiger charge is 2.61. The Balaban J connectivity index is 2.69. The van der Waals surface area contributed by atoms with Crippen molar-refractivity contribution >= 4 is 19.7 Å². The van der Waals surface area contributed by atoms with E-state index in [4.69, 9.17) is 16.3 Å². The summed E-state index contributed by atoms with van der Waals surface area (Å²) in [6, 6.07) is 0. The predicted octanol–water partition coefficient (Wildman–Crippen LogP) is 2.26. The van der Waals surface area contributed by atoms with Crippen LogP contribution in [0.25, 0.3) is 0 Å². The Morgan fingerprint density at radius 1 is 1.50 bits per heavy atom. The Labute approximate surface area is 68.7 Å². The summed E-state index contributed by atoms with van der Waals surface area (Å²) in [5.41, 5.74) is 0. The Kier molecular flexibility index (Phi) is 1.90. The van der Waals surface area contributed by atoms with Crippen molar-refractivity contribution in [3.8, 4) is 0 Å². The minimum atomic E-state index is -1.19. The van der Waals surface area contributed by atoms with Gasteiger partial charge in [-0.05, 0) is 6.92 Å². The van der Waals surface area contributed by atoms with E-state index in [-0.39, 0.29) is 5.22 Å². The van der Waals surface area contributed by atoms with Gasteiger partial charge in [-0.25, -0.2) is 0 Å². The zero-order valence-corrected chi connectivity index (χ0v) is 8.83. The fourth-order valence-electron chi connectivity index (χ4n) is 1.41. The lowest BCUT2D eigenvalue weighted by Crippen LogP contribution is -2.44. The highest BCUT2D eigenvalue weighted by atomic mass is 35.5. The number of hydrogen-bond donors (Lipinski definition) is 0. The van der Waals surface area contributed by atoms with Gasteiger partial charge in [0.1, 0.15) is 0 Å². The van der Waals surface area contributed by atoms with E-state index in [0.29, 0.717) is 12.0 Å². The van der Waals surface area contributed by atoms with E-state index in [0.717, 1.165) is 0 Å². The van der Waals surface area contributed by atoms with Crippen molar-refractivity contribution < 1.29 is 4.74 Å². The molecule has 1 aliphatic rings. The first-order valence-electron chi connectivity index (χ1n) is 3.68. The highest BCUT2D eigenvalue weighted by molar-refractivity contribution is 6.80. The smallest absolute Gasteiger partial charge is 0.0968 e. The number of rotatable bonds is 2. The summed E-state index contributed by atoms with van der Waals surface area (Å²) in [5, 5.41) is 0.0918. The second-order valence-corrected chi connectivity index (χ2v) is 9.65. The Bertz CT molecular complexity index is 139. The number of hydrogen-bond acceptors (Lipinski definition) is 1. The minimum absolute atomic E-state index is 0.0918. The molecular formula is C7H15ClOSi. The molecule has 60 valence electrons. The van der Waals surface area contributed by atoms with Gasteiger partial charge in [0.2, 0.25) is 0 Å². The average Bonchev–Trinajstić information content (AvgIpc) is 2.40. The minimum Gasteiger partial charge on any atom is -0.369 e. The first kappa shape index (κ1) is 8.56. The van der Waals surface area contributed by atoms with Gasteiger partial charge in [-0.3, -0.25) is 0 Å². The molecule has 0 aromatic rings. The van der Waals surface area contributed by atoms with E-state index in [1.54, 1.807) is 0 Å². The molecule has 0 amide bonds. The molecule has 2 atom stereocenters. The van der Waals surface area contributed by atoms with E-state index in [9.17, 15) is 0 Å². The molecule has 0 saturated carbocycles. The van der Waals surface area contributed by atoms with Crippen molar-refractivity contribution in [2.75, 3.05) is 5.88 Å². The lowest BCUT2D eigenvalue weighted by atomic mass is 10.4. The molecule has 1 rings (SSSR count). The maximum absolute atomic E-state index is 5.84. The summed E-state index contributed by atoms with van der Waals surface area (Å²) < 4.78 is 5.55. The van der Waals surface area contributed by atoms with Crippen LogP contribution in [0.5, 0.6) is 0 Å². The fourth-order valence-corrected chi connectivity index (χ4v) is 5.04. The van der Waals surface area contributed by atoms with E-state index in [2.05, 4.69) is 26.6 Å². The zero-order chi connectivity index (χ0) is 7.99. The molecule has 0 radical (unpaired) electrons. The zero-order valence-electron chi connectivity index (χ0n) is 7.07. The first-order valence-corrected chi connectivity index (χ1v) is 7.71. The molecule has 0 aromatic carbocycles. The van der Waals surface area contributed by atoms with Crippen LogP contribution >= 0.6 is 11.6 Å². The van der Waals surface area contributed by atoms with Crippen molar-refractivity contribution in [3.63, 3.8) is 0 Å². The summed E-state index contributed by atoms with van der Waals surface area (Å²) in [6.07, 6.45) is 0.400. The Hall–Kier alpha value is 0.467. The van der Waals surface area contributed by atoms with Gasteiger partial charge >= 0.3 is 0 Å². The molecule has 1 fully saturated rings. The van der Waals surface area contributed by atoms with Gasteiger partial charge in [0.05, 0.1) is 25.3 Å². The van der Waals surface area contributed by atoms with Gasteiger partial charge < -0.3 is 4.74 Å². The maximum atomic E-state index is 5.84. The first-order chi connectivity index (χ1) is 4.44. The molecule has 1 nitrogen and oxygen atoms in total. The quantitative estimate of drug-likeness (QED) is 0.359. The van der Waals surface area contributed by atoms with Crippen LogP contribution < -0.4 is 0 Å². The van der Waals surface area contributed by atoms with Gasteiger partial charge in [-0.2, -0.15) is 0 Å². The van der Waals surface area contributed by atoms with Crippen molar-refractivity contribution in [2.45, 2.75) is 37.9 Å². The van der Waals surface area contributed by atoms with Crippen LogP contribution in [0.15, 0.2) is 0 Å². The average molecular weight is 179 g/mol. The third-order valence-electron chi connectivity index (χ3n) is 2.45. The van der Waals surface area contributed by atoms with E-state index in [1.165, 1.54) is 0 Å². The summed E-state index contributed by atoms with van der Waals surface area (Å²) in [7, 11) is -1.19. The molecule has 2 unspecified atom stereocenters. The maximum Gasteiger partial charge on any atom is 0.0968 e. The van der Waals surface area contributed by atoms with Crippen LogP contribution in [-0.2, 0) is 4.74 Å². The number of ether oxygens (including phenoxy) is 1. The van der Waals surface area contributed by atoms with E-state index < -0.39 is 8.07 Å². The SMILES string of the molecule is CC1OC1(CCl)[Si](C)(C)C. The summed E-state index contributed by atoms with van der Waals surface area (Å²) >= 11 is 5.84. The molecule has 10 heavy (non-hydrogen) atoms. The van der Waals surface area contributed by atoms with Crippen molar-refractivity contribution in [1.29, 1.82) is 0 Å². The highest BCUT2D eigenvalue weighted by Crippen LogP contribution is 2.44. The Morgan fingerprint density at radius 3 is 1.90 bits per heavy atom. The van der Waals surface area contributed by atoms with Gasteiger partial charge in [0.25, 0.3) is 0 Å². The van der Waals surface area contributed by atoms with Crippen molar-refractivity contribution in [3.05, 3.63) is 0 Å². The molecular weight excluding hydrogens is 164 g/mol. The molecule has 0 aliphatic carbocycles. The summed E-state index contributed by atoms with van der Waals surface area (Å²) in [4.78, 5) is 0. The van der Waals surface area contributed by atoms with Gasteiger partial charge in [0.15, 0.2) is 0 Å². The number of epoxide rings is 1. The third kappa shape index (κ3) is 1.02. The monoisotopic (exact) mass is 178 g/mol. The van der Waals surface area contributed by atoms with Crippen LogP contribution in [0.3, 0.4) is 0 Å². The molecule has 0 spiro atoms. The van der Waals surface area contributed by atoms with Gasteiger partial charge in [-0.15, -0.1) is 11.6 Å². The molecule has 0 bridgehead atoms. The largest absolute Gasteiger partial charge is 0.369 e. The van der Waals surface area contributed by atoms with Crippen molar-refractivity contribution in [1.82, 2.24) is 0 Å². The number of alkyl halides is 1. The van der Waals surface area contributed by atoms with Gasteiger partial charge in [0, 0.05) is 0 Å². The normalized spacial score (nSPS) is 39.9. The van der Waals surface area contributed by atoms with Crippen molar-refractivity contribution in [2.24, 2.45) is 0 Å². The predicted molar refractivity (Wildman–Crippen MR) is 47.3 cm³/mol. The molecule has 1 aliphatic heterocycles. The Morgan fingerprint density at radius 2 is 1.90 bits per heavy atom. The van der Waals surface area contributed by atoms with Crippen LogP contribution in [0.2, 0.25) is 19.6 Å². The second kappa shape index (κ2) is 2.22. The van der Waals surface area contributed by atoms with Gasteiger partial charge in [-0.1, -0.05) is 19.6 Å².